The lowest BCUT2D eigenvalue weighted by Gasteiger charge is -2.48. The summed E-state index contributed by atoms with van der Waals surface area (Å²) >= 11 is 43.2. The van der Waals surface area contributed by atoms with Gasteiger partial charge in [-0.25, -0.2) is 29.9 Å². The second-order valence-electron chi connectivity index (χ2n) is 29.8. The Balaban J connectivity index is 0.000000151. The second-order valence-corrected chi connectivity index (χ2v) is 32.6. The average Bonchev–Trinajstić information content (AvgIpc) is 1.73. The third-order valence-electron chi connectivity index (χ3n) is 22.7. The fourth-order valence-corrected chi connectivity index (χ4v) is 17.9. The van der Waals surface area contributed by atoms with Crippen LogP contribution in [-0.2, 0) is 9.53 Å². The molecule has 0 aliphatic carbocycles. The minimum atomic E-state index is -0.762. The zero-order chi connectivity index (χ0) is 83.1. The molecule has 0 saturated carbocycles. The van der Waals surface area contributed by atoms with Crippen molar-refractivity contribution >= 4 is 122 Å². The number of aliphatic hydroxyl groups excluding tert-OH is 2. The first-order valence-electron chi connectivity index (χ1n) is 39.8. The van der Waals surface area contributed by atoms with Crippen molar-refractivity contribution in [1.29, 1.82) is 0 Å². The van der Waals surface area contributed by atoms with E-state index in [9.17, 15) is 15.0 Å². The van der Waals surface area contributed by atoms with Crippen LogP contribution in [0.3, 0.4) is 0 Å². The fraction of sp³-hybridized carbons (Fsp3) is 0.532. The molecule has 9 aromatic rings. The van der Waals surface area contributed by atoms with E-state index in [2.05, 4.69) is 131 Å². The van der Waals surface area contributed by atoms with E-state index in [0.717, 1.165) is 154 Å². The number of halogens is 7. The lowest BCUT2D eigenvalue weighted by atomic mass is 9.96. The first-order valence-corrected chi connectivity index (χ1v) is 42.5. The Hall–Kier alpha value is -7.70. The minimum Gasteiger partial charge on any atom is -0.468 e. The number of carbonyl (C=O) groups is 1. The first kappa shape index (κ1) is 88.6. The van der Waals surface area contributed by atoms with Gasteiger partial charge in [0.25, 0.3) is 17.7 Å². The maximum atomic E-state index is 11.0. The van der Waals surface area contributed by atoms with Crippen LogP contribution in [0.2, 0.25) is 30.5 Å². The number of nitrogen functional groups attached to an aromatic ring is 3. The van der Waals surface area contributed by atoms with Gasteiger partial charge >= 0.3 is 5.97 Å². The van der Waals surface area contributed by atoms with Crippen LogP contribution in [0.25, 0.3) is 34.8 Å². The van der Waals surface area contributed by atoms with Crippen LogP contribution in [-0.4, -0.2) is 256 Å². The zero-order valence-electron chi connectivity index (χ0n) is 66.8. The smallest absolute Gasteiger partial charge is 0.328 e. The van der Waals surface area contributed by atoms with Crippen LogP contribution in [0.5, 0.6) is 0 Å². The van der Waals surface area contributed by atoms with Crippen molar-refractivity contribution in [2.75, 3.05) is 150 Å². The molecule has 6 aliphatic rings. The maximum Gasteiger partial charge on any atom is 0.328 e. The van der Waals surface area contributed by atoms with Crippen LogP contribution in [0, 0.1) is 20.8 Å². The number of carbonyl (C=O) groups excluding carboxylic acids is 1. The highest BCUT2D eigenvalue weighted by Gasteiger charge is 2.40. The highest BCUT2D eigenvalue weighted by Crippen LogP contribution is 2.39. The molecule has 6 aliphatic heterocycles. The number of ether oxygens (including phenoxy) is 1. The van der Waals surface area contributed by atoms with Gasteiger partial charge in [0, 0.05) is 157 Å². The van der Waals surface area contributed by atoms with Crippen LogP contribution >= 0.6 is 81.2 Å². The van der Waals surface area contributed by atoms with Gasteiger partial charge in [0.15, 0.2) is 72.8 Å². The van der Waals surface area contributed by atoms with E-state index in [1.165, 1.54) is 20.0 Å². The number of aliphatic hydroxyl groups is 2. The van der Waals surface area contributed by atoms with Gasteiger partial charge in [-0.15, -0.1) is 42.2 Å². The van der Waals surface area contributed by atoms with E-state index >= 15 is 0 Å². The number of piperazine rings is 3. The van der Waals surface area contributed by atoms with Crippen LogP contribution in [0.1, 0.15) is 130 Å². The molecule has 0 spiro atoms. The summed E-state index contributed by atoms with van der Waals surface area (Å²) in [7, 11) is 1.30. The van der Waals surface area contributed by atoms with E-state index in [-0.39, 0.29) is 70.7 Å². The van der Waals surface area contributed by atoms with Gasteiger partial charge in [0.1, 0.15) is 0 Å². The lowest BCUT2D eigenvalue weighted by molar-refractivity contribution is -0.140. The molecule has 6 saturated heterocycles. The molecule has 6 fully saturated rings. The molecule has 0 bridgehead atoms. The van der Waals surface area contributed by atoms with E-state index < -0.39 is 11.3 Å². The Kier molecular flexibility index (Phi) is 31.4. The highest BCUT2D eigenvalue weighted by molar-refractivity contribution is 6.33. The molecule has 12 heterocycles. The molecule has 15 rings (SSSR count). The van der Waals surface area contributed by atoms with Crippen molar-refractivity contribution < 1.29 is 33.0 Å². The van der Waals surface area contributed by atoms with Gasteiger partial charge in [-0.3, -0.25) is 29.3 Å². The number of alkyl halides is 1. The molecule has 9 N–H and O–H groups in total. The summed E-state index contributed by atoms with van der Waals surface area (Å²) in [4.78, 5) is 57.3. The molecule has 6 aromatic heterocycles. The Morgan fingerprint density at radius 3 is 1.03 bits per heavy atom. The lowest BCUT2D eigenvalue weighted by Crippen LogP contribution is -2.58. The monoisotopic (exact) mass is 1740 g/mol. The van der Waals surface area contributed by atoms with Gasteiger partial charge in [0.2, 0.25) is 17.7 Å². The average molecular weight is 1750 g/mol. The normalized spacial score (nSPS) is 20.0. The molecule has 6 atom stereocenters. The number of aromatic nitrogens is 12. The van der Waals surface area contributed by atoms with Gasteiger partial charge in [-0.05, 0) is 124 Å². The van der Waals surface area contributed by atoms with Crippen molar-refractivity contribution in [1.82, 2.24) is 90.3 Å². The third kappa shape index (κ3) is 21.9. The zero-order valence-corrected chi connectivity index (χ0v) is 72.1. The number of esters is 1. The molecule has 117 heavy (non-hydrogen) atoms. The van der Waals surface area contributed by atoms with Gasteiger partial charge in [0.05, 0.1) is 32.4 Å². The molecular weight excluding hydrogens is 1650 g/mol. The summed E-state index contributed by atoms with van der Waals surface area (Å²) in [6.45, 7) is 25.7. The molecule has 630 valence electrons. The van der Waals surface area contributed by atoms with E-state index in [1.54, 1.807) is 45.0 Å². The van der Waals surface area contributed by atoms with Crippen molar-refractivity contribution in [3.8, 4) is 34.8 Å². The van der Waals surface area contributed by atoms with Crippen molar-refractivity contribution in [2.24, 2.45) is 0 Å². The fourth-order valence-electron chi connectivity index (χ4n) is 16.5. The Bertz CT molecular complexity index is 4500. The number of anilines is 6. The van der Waals surface area contributed by atoms with Crippen LogP contribution in [0.15, 0.2) is 86.0 Å². The summed E-state index contributed by atoms with van der Waals surface area (Å²) in [6.07, 6.45) is 9.78. The number of piperidine rings is 3. The predicted octanol–water partition coefficient (Wildman–Crippen LogP) is 12.2. The van der Waals surface area contributed by atoms with Crippen molar-refractivity contribution in [3.63, 3.8) is 0 Å². The van der Waals surface area contributed by atoms with Crippen LogP contribution < -0.4 is 37.2 Å². The maximum absolute atomic E-state index is 11.0. The summed E-state index contributed by atoms with van der Waals surface area (Å²) < 4.78 is 20.8. The van der Waals surface area contributed by atoms with E-state index in [4.69, 9.17) is 112 Å². The van der Waals surface area contributed by atoms with Gasteiger partial charge < -0.3 is 65.4 Å². The number of rotatable bonds is 20. The summed E-state index contributed by atoms with van der Waals surface area (Å²) in [5, 5.41) is 49.3. The molecule has 38 heteroatoms. The second kappa shape index (κ2) is 41.5. The van der Waals surface area contributed by atoms with Crippen molar-refractivity contribution in [2.45, 2.75) is 153 Å². The quantitative estimate of drug-likeness (QED) is 0.0305. The number of nitrogens with one attached hydrogen (secondary N) is 1. The number of aryl methyl sites for hydroxylation is 3. The Morgan fingerprint density at radius 2 is 0.752 bits per heavy atom. The number of hydrogen-bond donors (Lipinski definition) is 6. The largest absolute Gasteiger partial charge is 0.468 e. The number of nitrogens with two attached hydrogens (primary N) is 3. The third-order valence-corrected chi connectivity index (χ3v) is 24.6. The highest BCUT2D eigenvalue weighted by atomic mass is 35.5. The summed E-state index contributed by atoms with van der Waals surface area (Å²) in [5.74, 6) is 3.96. The minimum absolute atomic E-state index is 0.00254. The molecule has 31 nitrogen and oxygen atoms in total. The number of hydrogen-bond acceptors (Lipinski definition) is 31. The Labute approximate surface area is 716 Å². The number of benzene rings is 3. The predicted molar refractivity (Wildman–Crippen MR) is 457 cm³/mol. The van der Waals surface area contributed by atoms with Gasteiger partial charge in [-0.1, -0.05) is 127 Å². The van der Waals surface area contributed by atoms with Crippen molar-refractivity contribution in [3.05, 3.63) is 138 Å². The first-order chi connectivity index (χ1) is 56.5. The molecule has 1 unspecified atom stereocenters. The van der Waals surface area contributed by atoms with Gasteiger partial charge in [-0.2, -0.15) is 0 Å². The SMILES string of the molecule is CC[C@H]1CN(c2nc(N)c(-c3nnc(C)o3)nc2Cl)CCN1C1CCN([C@@H](CO)c2ccc(Cl)cc2)CC1.CC[C@H]1CN(c2nc(N)c(-c3nnc(C)o3)nc2Cl)CCN1C1CCN([C@H](CO)c2ccc(Cl)cc2)CC1.CC[C@H]1CN(c2nc(N)c(-c3nnc(C)o3)nc2Cl)CCN1C1CCNCC1.COC(=O)C(Cl)c1ccc(Cl)cc1. The molecule has 0 radical (unpaired) electrons. The molecule has 3 aromatic carbocycles. The number of nitrogens with zero attached hydrogens (tertiary/aromatic N) is 20. The molecule has 0 amide bonds. The topological polar surface area (TPSA) is 377 Å². The summed E-state index contributed by atoms with van der Waals surface area (Å²) in [6, 6.07) is 25.2. The standard InChI is InChI=1S/2C26H34Cl2N8O2.C18H27ClN8O.C9H8Cl2O2/c2*1-3-19-14-35(25-23(28)30-22(24(29)31-25)26-33-32-16(2)38-26)12-13-36(19)20-8-10-34(11-9-20)21(15-37)17-4-6-18(27)7-5-17;1-3-12-10-26(8-9-27(12)13-4-6-21-7-5-13)17-15(19)22-14(16(20)23-17)18-25-24-11(2)28-18;1-13-9(12)8(11)6-2-4-7(10)5-3-6/h2*4-7,19-21,37H,3,8-15H2,1-2H3,(H2,29,31);12-13,21H,3-10H2,1-2H3,(H2,20,23);2-5,8H,1H3/t19-,21+;19-,21-;12-;/m000./s1. The van der Waals surface area contributed by atoms with E-state index in [1.807, 2.05) is 48.5 Å². The van der Waals surface area contributed by atoms with Crippen LogP contribution in [0.4, 0.5) is 34.9 Å². The number of methoxy groups -OCH3 is 1. The molecular formula is C79H103Cl7N24O7. The number of likely N-dealkylation sites (tertiary alicyclic amines) is 2. The van der Waals surface area contributed by atoms with E-state index in [0.29, 0.717) is 114 Å². The summed E-state index contributed by atoms with van der Waals surface area (Å²) in [5.41, 5.74) is 22.4. The Morgan fingerprint density at radius 1 is 0.453 bits per heavy atom.